The molecule has 0 amide bonds. The summed E-state index contributed by atoms with van der Waals surface area (Å²) in [5, 5.41) is 3.53. The number of halogens is 1. The SMILES string of the molecule is CCOC1CCN(C(=NC)NCc2ccc(CN3CCN(C)CC3)cc2)CC1.I. The molecule has 1 N–H and O–H groups in total. The quantitative estimate of drug-likeness (QED) is 0.359. The Morgan fingerprint density at radius 3 is 2.24 bits per heavy atom. The molecule has 0 unspecified atom stereocenters. The van der Waals surface area contributed by atoms with Crippen LogP contribution in [0.25, 0.3) is 0 Å². The van der Waals surface area contributed by atoms with Crippen molar-refractivity contribution >= 4 is 29.9 Å². The first-order valence-electron chi connectivity index (χ1n) is 10.7. The van der Waals surface area contributed by atoms with E-state index < -0.39 is 0 Å². The van der Waals surface area contributed by atoms with Gasteiger partial charge in [0.2, 0.25) is 0 Å². The van der Waals surface area contributed by atoms with E-state index in [-0.39, 0.29) is 24.0 Å². The molecule has 2 aliphatic heterocycles. The van der Waals surface area contributed by atoms with Crippen molar-refractivity contribution in [3.8, 4) is 0 Å². The normalized spacial score (nSPS) is 19.8. The monoisotopic (exact) mass is 515 g/mol. The van der Waals surface area contributed by atoms with Crippen molar-refractivity contribution in [2.45, 2.75) is 39.0 Å². The molecule has 3 rings (SSSR count). The maximum absolute atomic E-state index is 5.75. The number of aliphatic imine (C=N–C) groups is 1. The lowest BCUT2D eigenvalue weighted by molar-refractivity contribution is 0.0263. The molecule has 0 atom stereocenters. The Labute approximate surface area is 193 Å². The van der Waals surface area contributed by atoms with Crippen molar-refractivity contribution in [2.24, 2.45) is 4.99 Å². The van der Waals surface area contributed by atoms with E-state index in [9.17, 15) is 0 Å². The third-order valence-electron chi connectivity index (χ3n) is 5.83. The second-order valence-electron chi connectivity index (χ2n) is 7.94. The zero-order valence-electron chi connectivity index (χ0n) is 18.3. The number of piperidine rings is 1. The fraction of sp³-hybridized carbons (Fsp3) is 0.682. The summed E-state index contributed by atoms with van der Waals surface area (Å²) >= 11 is 0. The zero-order valence-corrected chi connectivity index (χ0v) is 20.6. The van der Waals surface area contributed by atoms with Gasteiger partial charge in [0.05, 0.1) is 6.10 Å². The van der Waals surface area contributed by atoms with Gasteiger partial charge in [-0.2, -0.15) is 0 Å². The van der Waals surface area contributed by atoms with Gasteiger partial charge < -0.3 is 19.9 Å². The molecule has 0 spiro atoms. The van der Waals surface area contributed by atoms with Gasteiger partial charge in [-0.3, -0.25) is 9.89 Å². The predicted molar refractivity (Wildman–Crippen MR) is 131 cm³/mol. The molecule has 7 heteroatoms. The fourth-order valence-corrected chi connectivity index (χ4v) is 4.01. The highest BCUT2D eigenvalue weighted by Crippen LogP contribution is 2.14. The Morgan fingerprint density at radius 2 is 1.66 bits per heavy atom. The number of benzene rings is 1. The van der Waals surface area contributed by atoms with E-state index in [1.54, 1.807) is 0 Å². The summed E-state index contributed by atoms with van der Waals surface area (Å²) in [4.78, 5) is 11.8. The lowest BCUT2D eigenvalue weighted by Gasteiger charge is -2.34. The Bertz CT molecular complexity index is 608. The molecule has 1 aromatic rings. The van der Waals surface area contributed by atoms with Gasteiger partial charge in [0.25, 0.3) is 0 Å². The third-order valence-corrected chi connectivity index (χ3v) is 5.83. The van der Waals surface area contributed by atoms with Crippen LogP contribution in [0.3, 0.4) is 0 Å². The number of likely N-dealkylation sites (N-methyl/N-ethyl adjacent to an activating group) is 1. The number of nitrogens with one attached hydrogen (secondary N) is 1. The Hall–Kier alpha value is -0.900. The van der Waals surface area contributed by atoms with Crippen molar-refractivity contribution in [1.82, 2.24) is 20.0 Å². The molecular formula is C22H38IN5O. The molecule has 2 aliphatic rings. The van der Waals surface area contributed by atoms with Crippen molar-refractivity contribution in [3.05, 3.63) is 35.4 Å². The highest BCUT2D eigenvalue weighted by molar-refractivity contribution is 14.0. The molecular weight excluding hydrogens is 477 g/mol. The van der Waals surface area contributed by atoms with Crippen LogP contribution in [-0.2, 0) is 17.8 Å². The van der Waals surface area contributed by atoms with E-state index in [2.05, 4.69) is 63.2 Å². The lowest BCUT2D eigenvalue weighted by Crippen LogP contribution is -2.46. The highest BCUT2D eigenvalue weighted by Gasteiger charge is 2.21. The fourth-order valence-electron chi connectivity index (χ4n) is 4.01. The molecule has 2 saturated heterocycles. The topological polar surface area (TPSA) is 43.3 Å². The maximum Gasteiger partial charge on any atom is 0.193 e. The number of ether oxygens (including phenoxy) is 1. The van der Waals surface area contributed by atoms with Crippen LogP contribution in [0.4, 0.5) is 0 Å². The number of rotatable bonds is 6. The first-order chi connectivity index (χ1) is 13.7. The van der Waals surface area contributed by atoms with Crippen molar-refractivity contribution in [2.75, 3.05) is 60.0 Å². The number of likely N-dealkylation sites (tertiary alicyclic amines) is 1. The minimum Gasteiger partial charge on any atom is -0.378 e. The molecule has 29 heavy (non-hydrogen) atoms. The van der Waals surface area contributed by atoms with Crippen LogP contribution in [-0.4, -0.2) is 86.7 Å². The second-order valence-corrected chi connectivity index (χ2v) is 7.94. The van der Waals surface area contributed by atoms with Crippen LogP contribution < -0.4 is 5.32 Å². The Balaban J connectivity index is 0.00000300. The van der Waals surface area contributed by atoms with Crippen LogP contribution in [0.1, 0.15) is 30.9 Å². The van der Waals surface area contributed by atoms with Crippen LogP contribution in [0, 0.1) is 0 Å². The molecule has 2 heterocycles. The first-order valence-corrected chi connectivity index (χ1v) is 10.7. The van der Waals surface area contributed by atoms with E-state index in [1.165, 1.54) is 24.2 Å². The summed E-state index contributed by atoms with van der Waals surface area (Å²) < 4.78 is 5.75. The van der Waals surface area contributed by atoms with Gasteiger partial charge in [-0.1, -0.05) is 24.3 Å². The van der Waals surface area contributed by atoms with Crippen LogP contribution in [0.5, 0.6) is 0 Å². The largest absolute Gasteiger partial charge is 0.378 e. The lowest BCUT2D eigenvalue weighted by atomic mass is 10.1. The number of piperazine rings is 1. The van der Waals surface area contributed by atoms with Crippen LogP contribution in [0.15, 0.2) is 29.3 Å². The Morgan fingerprint density at radius 1 is 1.03 bits per heavy atom. The number of nitrogens with zero attached hydrogens (tertiary/aromatic N) is 4. The molecule has 0 radical (unpaired) electrons. The second kappa shape index (κ2) is 12.7. The van der Waals surface area contributed by atoms with Gasteiger partial charge in [-0.25, -0.2) is 0 Å². The van der Waals surface area contributed by atoms with E-state index in [0.29, 0.717) is 6.10 Å². The molecule has 164 valence electrons. The van der Waals surface area contributed by atoms with Crippen molar-refractivity contribution in [1.29, 1.82) is 0 Å². The first kappa shape index (κ1) is 24.4. The summed E-state index contributed by atoms with van der Waals surface area (Å²) in [5.74, 6) is 0.997. The van der Waals surface area contributed by atoms with Crippen molar-refractivity contribution < 1.29 is 4.74 Å². The zero-order chi connectivity index (χ0) is 19.8. The molecule has 0 saturated carbocycles. The summed E-state index contributed by atoms with van der Waals surface area (Å²) in [6.45, 7) is 11.4. The predicted octanol–water partition coefficient (Wildman–Crippen LogP) is 2.63. The maximum atomic E-state index is 5.75. The minimum atomic E-state index is 0. The van der Waals surface area contributed by atoms with Crippen LogP contribution >= 0.6 is 24.0 Å². The summed E-state index contributed by atoms with van der Waals surface area (Å²) in [6.07, 6.45) is 2.57. The summed E-state index contributed by atoms with van der Waals surface area (Å²) in [6, 6.07) is 9.03. The molecule has 0 bridgehead atoms. The highest BCUT2D eigenvalue weighted by atomic mass is 127. The van der Waals surface area contributed by atoms with Gasteiger partial charge in [0.1, 0.15) is 0 Å². The van der Waals surface area contributed by atoms with Crippen molar-refractivity contribution in [3.63, 3.8) is 0 Å². The molecule has 1 aromatic carbocycles. The number of hydrogen-bond acceptors (Lipinski definition) is 4. The molecule has 0 aromatic heterocycles. The average Bonchev–Trinajstić information content (AvgIpc) is 2.73. The van der Waals surface area contributed by atoms with E-state index in [4.69, 9.17) is 4.74 Å². The minimum absolute atomic E-state index is 0. The summed E-state index contributed by atoms with van der Waals surface area (Å²) in [5.41, 5.74) is 2.70. The van der Waals surface area contributed by atoms with Gasteiger partial charge in [-0.05, 0) is 37.9 Å². The van der Waals surface area contributed by atoms with E-state index >= 15 is 0 Å². The molecule has 6 nitrogen and oxygen atoms in total. The smallest absolute Gasteiger partial charge is 0.193 e. The summed E-state index contributed by atoms with van der Waals surface area (Å²) in [7, 11) is 4.07. The average molecular weight is 515 g/mol. The molecule has 0 aliphatic carbocycles. The van der Waals surface area contributed by atoms with E-state index in [1.807, 2.05) is 7.05 Å². The third kappa shape index (κ3) is 7.70. The standard InChI is InChI=1S/C22H37N5O.HI/c1-4-28-21-9-11-27(12-10-21)22(23-2)24-17-19-5-7-20(8-6-19)18-26-15-13-25(3)14-16-26;/h5-8,21H,4,9-18H2,1-3H3,(H,23,24);1H. The van der Waals surface area contributed by atoms with E-state index in [0.717, 1.165) is 64.7 Å². The molecule has 2 fully saturated rings. The van der Waals surface area contributed by atoms with Crippen LogP contribution in [0.2, 0.25) is 0 Å². The van der Waals surface area contributed by atoms with Gasteiger partial charge >= 0.3 is 0 Å². The Kier molecular flexibility index (Phi) is 10.7. The number of guanidine groups is 1. The van der Waals surface area contributed by atoms with Gasteiger partial charge in [-0.15, -0.1) is 24.0 Å². The van der Waals surface area contributed by atoms with Gasteiger partial charge in [0.15, 0.2) is 5.96 Å². The number of hydrogen-bond donors (Lipinski definition) is 1. The van der Waals surface area contributed by atoms with Gasteiger partial charge in [0, 0.05) is 66.0 Å².